The van der Waals surface area contributed by atoms with Gasteiger partial charge >= 0.3 is 0 Å². The molecular formula is C57H35N5. The van der Waals surface area contributed by atoms with E-state index in [1.807, 2.05) is 91.1 Å². The van der Waals surface area contributed by atoms with Gasteiger partial charge in [0.05, 0.1) is 22.9 Å². The van der Waals surface area contributed by atoms with Crippen LogP contribution >= 0.6 is 0 Å². The van der Waals surface area contributed by atoms with Crippen molar-refractivity contribution >= 4 is 21.8 Å². The predicted octanol–water partition coefficient (Wildman–Crippen LogP) is 14.3. The number of para-hydroxylation sites is 2. The fraction of sp³-hybridized carbons (Fsp3) is 0. The molecule has 0 aliphatic heterocycles. The van der Waals surface area contributed by atoms with Crippen LogP contribution in [-0.4, -0.2) is 24.9 Å². The Kier molecular flexibility index (Phi) is 8.42. The molecule has 0 bridgehead atoms. The van der Waals surface area contributed by atoms with E-state index in [0.717, 1.165) is 61.2 Å². The molecule has 288 valence electrons. The minimum absolute atomic E-state index is 0.606. The Balaban J connectivity index is 0.981. The SMILES string of the molecule is c1ccc(-c2nc(-c3ccccc3)nc(-c3cc(-c4ccc(-c5cnc6ccccc6n5)cc4)cc(-c4ccc(-c5ccc6c7c(cccc57)-c5ccccc5-6)cc4)c3)n2)cc1. The summed E-state index contributed by atoms with van der Waals surface area (Å²) >= 11 is 0. The highest BCUT2D eigenvalue weighted by Crippen LogP contribution is 2.49. The molecule has 0 spiro atoms. The van der Waals surface area contributed by atoms with Crippen LogP contribution in [0.4, 0.5) is 0 Å². The molecule has 2 aromatic heterocycles. The molecule has 5 heteroatoms. The van der Waals surface area contributed by atoms with Gasteiger partial charge in [-0.3, -0.25) is 4.98 Å². The van der Waals surface area contributed by atoms with Crippen LogP contribution in [0.25, 0.3) is 123 Å². The summed E-state index contributed by atoms with van der Waals surface area (Å²) in [5.74, 6) is 1.86. The predicted molar refractivity (Wildman–Crippen MR) is 253 cm³/mol. The molecule has 62 heavy (non-hydrogen) atoms. The number of hydrogen-bond donors (Lipinski definition) is 0. The Morgan fingerprint density at radius 3 is 1.35 bits per heavy atom. The van der Waals surface area contributed by atoms with E-state index in [1.54, 1.807) is 0 Å². The largest absolute Gasteiger partial charge is 0.252 e. The van der Waals surface area contributed by atoms with Gasteiger partial charge in [-0.15, -0.1) is 0 Å². The van der Waals surface area contributed by atoms with Gasteiger partial charge in [-0.25, -0.2) is 19.9 Å². The topological polar surface area (TPSA) is 64.5 Å². The quantitative estimate of drug-likeness (QED) is 0.161. The summed E-state index contributed by atoms with van der Waals surface area (Å²) in [7, 11) is 0. The Bertz CT molecular complexity index is 3400. The number of nitrogens with zero attached hydrogens (tertiary/aromatic N) is 5. The fourth-order valence-corrected chi connectivity index (χ4v) is 8.86. The lowest BCUT2D eigenvalue weighted by atomic mass is 9.92. The molecule has 0 amide bonds. The maximum atomic E-state index is 5.13. The first-order valence-corrected chi connectivity index (χ1v) is 20.8. The second-order valence-electron chi connectivity index (χ2n) is 15.7. The van der Waals surface area contributed by atoms with Gasteiger partial charge < -0.3 is 0 Å². The first kappa shape index (κ1) is 35.5. The highest BCUT2D eigenvalue weighted by atomic mass is 15.0. The van der Waals surface area contributed by atoms with E-state index in [0.29, 0.717) is 17.5 Å². The molecule has 5 nitrogen and oxygen atoms in total. The summed E-state index contributed by atoms with van der Waals surface area (Å²) in [6.45, 7) is 0. The van der Waals surface area contributed by atoms with Crippen molar-refractivity contribution in [2.75, 3.05) is 0 Å². The molecular weight excluding hydrogens is 755 g/mol. The standard InChI is InChI=1S/C57H35N5/c1-3-12-40(13-4-1)55-60-56(41-14-5-2-6-15-41)62-57(61-55)44-33-42(32-43(34-44)37-24-28-39(29-25-37)53-35-58-51-20-9-10-21-52(51)59-53)36-22-26-38(27-23-36)45-30-31-50-47-17-8-7-16-46(47)49-19-11-18-48(45)54(49)50/h1-35H. The molecule has 0 N–H and O–H groups in total. The lowest BCUT2D eigenvalue weighted by Gasteiger charge is -2.14. The van der Waals surface area contributed by atoms with Crippen LogP contribution in [0.2, 0.25) is 0 Å². The van der Waals surface area contributed by atoms with E-state index >= 15 is 0 Å². The average molecular weight is 790 g/mol. The highest BCUT2D eigenvalue weighted by Gasteiger charge is 2.22. The van der Waals surface area contributed by atoms with Crippen LogP contribution in [0.1, 0.15) is 0 Å². The lowest BCUT2D eigenvalue weighted by molar-refractivity contribution is 1.07. The van der Waals surface area contributed by atoms with Gasteiger partial charge in [0.25, 0.3) is 0 Å². The molecule has 1 aliphatic rings. The van der Waals surface area contributed by atoms with Crippen molar-refractivity contribution in [2.45, 2.75) is 0 Å². The van der Waals surface area contributed by atoms with Crippen LogP contribution in [0.5, 0.6) is 0 Å². The summed E-state index contributed by atoms with van der Waals surface area (Å²) < 4.78 is 0. The minimum atomic E-state index is 0.606. The second-order valence-corrected chi connectivity index (χ2v) is 15.7. The number of rotatable bonds is 7. The Hall–Kier alpha value is -8.41. The molecule has 11 aromatic rings. The van der Waals surface area contributed by atoms with Crippen LogP contribution < -0.4 is 0 Å². The Morgan fingerprint density at radius 1 is 0.258 bits per heavy atom. The number of benzene rings is 9. The number of fused-ring (bicyclic) bond motifs is 4. The summed E-state index contributed by atoms with van der Waals surface area (Å²) in [6, 6.07) is 72.3. The van der Waals surface area contributed by atoms with Crippen molar-refractivity contribution in [3.8, 4) is 101 Å². The molecule has 0 saturated heterocycles. The van der Waals surface area contributed by atoms with Gasteiger partial charge in [-0.1, -0.05) is 176 Å². The van der Waals surface area contributed by atoms with Gasteiger partial charge in [0, 0.05) is 22.3 Å². The second kappa shape index (κ2) is 14.7. The third kappa shape index (κ3) is 6.23. The zero-order chi connectivity index (χ0) is 41.0. The Labute approximate surface area is 358 Å². The number of hydrogen-bond acceptors (Lipinski definition) is 5. The van der Waals surface area contributed by atoms with E-state index in [9.17, 15) is 0 Å². The molecule has 1 aliphatic carbocycles. The van der Waals surface area contributed by atoms with E-state index in [1.165, 1.54) is 44.2 Å². The maximum absolute atomic E-state index is 5.13. The Morgan fingerprint density at radius 2 is 0.726 bits per heavy atom. The molecule has 0 fully saturated rings. The number of aromatic nitrogens is 5. The maximum Gasteiger partial charge on any atom is 0.164 e. The van der Waals surface area contributed by atoms with Gasteiger partial charge in [0.15, 0.2) is 17.5 Å². The van der Waals surface area contributed by atoms with Crippen molar-refractivity contribution < 1.29 is 0 Å². The molecule has 0 unspecified atom stereocenters. The van der Waals surface area contributed by atoms with Crippen LogP contribution in [0, 0.1) is 0 Å². The van der Waals surface area contributed by atoms with E-state index in [2.05, 4.69) is 126 Å². The van der Waals surface area contributed by atoms with Crippen molar-refractivity contribution in [3.05, 3.63) is 212 Å². The van der Waals surface area contributed by atoms with Crippen LogP contribution in [0.3, 0.4) is 0 Å². The monoisotopic (exact) mass is 789 g/mol. The third-order valence-corrected chi connectivity index (χ3v) is 11.9. The normalized spacial score (nSPS) is 11.5. The molecule has 9 aromatic carbocycles. The first-order chi connectivity index (χ1) is 30.7. The molecule has 0 radical (unpaired) electrons. The lowest BCUT2D eigenvalue weighted by Crippen LogP contribution is -2.00. The third-order valence-electron chi connectivity index (χ3n) is 11.9. The first-order valence-electron chi connectivity index (χ1n) is 20.8. The van der Waals surface area contributed by atoms with Crippen molar-refractivity contribution in [3.63, 3.8) is 0 Å². The zero-order valence-electron chi connectivity index (χ0n) is 33.4. The van der Waals surface area contributed by atoms with E-state index < -0.39 is 0 Å². The van der Waals surface area contributed by atoms with Gasteiger partial charge in [0.1, 0.15) is 0 Å². The molecule has 12 rings (SSSR count). The summed E-state index contributed by atoms with van der Waals surface area (Å²) in [6.07, 6.45) is 1.85. The molecule has 0 saturated carbocycles. The van der Waals surface area contributed by atoms with Gasteiger partial charge in [-0.2, -0.15) is 0 Å². The molecule has 0 atom stereocenters. The zero-order valence-corrected chi connectivity index (χ0v) is 33.4. The minimum Gasteiger partial charge on any atom is -0.252 e. The summed E-state index contributed by atoms with van der Waals surface area (Å²) in [5, 5.41) is 2.60. The van der Waals surface area contributed by atoms with Crippen molar-refractivity contribution in [1.82, 2.24) is 24.9 Å². The van der Waals surface area contributed by atoms with Gasteiger partial charge in [-0.05, 0) is 96.7 Å². The average Bonchev–Trinajstić information content (AvgIpc) is 3.69. The van der Waals surface area contributed by atoms with Gasteiger partial charge in [0.2, 0.25) is 0 Å². The van der Waals surface area contributed by atoms with Crippen molar-refractivity contribution in [2.24, 2.45) is 0 Å². The summed E-state index contributed by atoms with van der Waals surface area (Å²) in [4.78, 5) is 24.8. The molecule has 2 heterocycles. The van der Waals surface area contributed by atoms with Crippen LogP contribution in [0.15, 0.2) is 212 Å². The van der Waals surface area contributed by atoms with Crippen molar-refractivity contribution in [1.29, 1.82) is 0 Å². The smallest absolute Gasteiger partial charge is 0.164 e. The van der Waals surface area contributed by atoms with Crippen LogP contribution in [-0.2, 0) is 0 Å². The van der Waals surface area contributed by atoms with E-state index in [-0.39, 0.29) is 0 Å². The summed E-state index contributed by atoms with van der Waals surface area (Å²) in [5.41, 5.74) is 18.2. The van der Waals surface area contributed by atoms with E-state index in [4.69, 9.17) is 19.9 Å². The highest BCUT2D eigenvalue weighted by molar-refractivity contribution is 6.18. The fourth-order valence-electron chi connectivity index (χ4n) is 8.86.